The summed E-state index contributed by atoms with van der Waals surface area (Å²) in [6.07, 6.45) is 4.03. The summed E-state index contributed by atoms with van der Waals surface area (Å²) in [5, 5.41) is 5.92. The summed E-state index contributed by atoms with van der Waals surface area (Å²) in [6, 6.07) is 9.81. The van der Waals surface area contributed by atoms with Gasteiger partial charge >= 0.3 is 0 Å². The number of halogens is 1. The first kappa shape index (κ1) is 16.4. The van der Waals surface area contributed by atoms with Crippen LogP contribution in [0.4, 0.5) is 10.1 Å². The van der Waals surface area contributed by atoms with Crippen LogP contribution in [-0.4, -0.2) is 30.1 Å². The number of aromatic nitrogens is 1. The second-order valence-electron chi connectivity index (χ2n) is 5.72. The van der Waals surface area contributed by atoms with Gasteiger partial charge in [-0.05, 0) is 31.0 Å². The van der Waals surface area contributed by atoms with E-state index in [-0.39, 0.29) is 24.4 Å². The third kappa shape index (κ3) is 4.29. The summed E-state index contributed by atoms with van der Waals surface area (Å²) in [5.74, 6) is -0.664. The Hall–Kier alpha value is -2.47. The maximum atomic E-state index is 13.5. The molecule has 0 radical (unpaired) electrons. The molecule has 2 aromatic rings. The highest BCUT2D eigenvalue weighted by Crippen LogP contribution is 2.14. The van der Waals surface area contributed by atoms with Crippen molar-refractivity contribution in [3.05, 3.63) is 59.7 Å². The lowest BCUT2D eigenvalue weighted by Gasteiger charge is -2.12. The number of ether oxygens (including phenoxy) is 1. The molecule has 1 unspecified atom stereocenters. The van der Waals surface area contributed by atoms with E-state index in [9.17, 15) is 9.18 Å². The van der Waals surface area contributed by atoms with Crippen LogP contribution in [0.5, 0.6) is 0 Å². The average molecular weight is 329 g/mol. The van der Waals surface area contributed by atoms with E-state index in [0.717, 1.165) is 31.7 Å². The molecule has 1 aromatic carbocycles. The van der Waals surface area contributed by atoms with Crippen molar-refractivity contribution in [3.8, 4) is 0 Å². The zero-order valence-corrected chi connectivity index (χ0v) is 13.3. The Bertz CT molecular complexity index is 685. The van der Waals surface area contributed by atoms with Crippen molar-refractivity contribution in [1.82, 2.24) is 10.3 Å². The SMILES string of the molecule is O=C(NCc1ccccc1F)c1ccc(NCC2CCCO2)cn1. The summed E-state index contributed by atoms with van der Waals surface area (Å²) < 4.78 is 19.1. The molecule has 2 N–H and O–H groups in total. The summed E-state index contributed by atoms with van der Waals surface area (Å²) in [6.45, 7) is 1.69. The van der Waals surface area contributed by atoms with Gasteiger partial charge in [-0.1, -0.05) is 18.2 Å². The van der Waals surface area contributed by atoms with Gasteiger partial charge in [-0.25, -0.2) is 9.37 Å². The van der Waals surface area contributed by atoms with Gasteiger partial charge in [0.2, 0.25) is 0 Å². The minimum atomic E-state index is -0.334. The number of hydrogen-bond acceptors (Lipinski definition) is 4. The average Bonchev–Trinajstić information content (AvgIpc) is 3.13. The zero-order chi connectivity index (χ0) is 16.8. The molecule has 3 rings (SSSR count). The van der Waals surface area contributed by atoms with Gasteiger partial charge in [-0.15, -0.1) is 0 Å². The Kier molecular flexibility index (Phi) is 5.38. The predicted octanol–water partition coefficient (Wildman–Crippen LogP) is 2.74. The summed E-state index contributed by atoms with van der Waals surface area (Å²) in [7, 11) is 0. The molecule has 1 atom stereocenters. The molecule has 0 aliphatic carbocycles. The van der Waals surface area contributed by atoms with Crippen LogP contribution in [0.2, 0.25) is 0 Å². The lowest BCUT2D eigenvalue weighted by atomic mass is 10.2. The van der Waals surface area contributed by atoms with Crippen LogP contribution in [0.3, 0.4) is 0 Å². The largest absolute Gasteiger partial charge is 0.381 e. The van der Waals surface area contributed by atoms with Crippen LogP contribution < -0.4 is 10.6 Å². The summed E-state index contributed by atoms with van der Waals surface area (Å²) >= 11 is 0. The molecule has 1 aliphatic heterocycles. The highest BCUT2D eigenvalue weighted by atomic mass is 19.1. The first-order valence-corrected chi connectivity index (χ1v) is 8.05. The van der Waals surface area contributed by atoms with Gasteiger partial charge in [0, 0.05) is 25.3 Å². The van der Waals surface area contributed by atoms with E-state index in [1.165, 1.54) is 6.07 Å². The van der Waals surface area contributed by atoms with Crippen LogP contribution in [-0.2, 0) is 11.3 Å². The normalized spacial score (nSPS) is 16.8. The van der Waals surface area contributed by atoms with Gasteiger partial charge in [-0.2, -0.15) is 0 Å². The van der Waals surface area contributed by atoms with Crippen LogP contribution in [0, 0.1) is 5.82 Å². The van der Waals surface area contributed by atoms with Crippen molar-refractivity contribution < 1.29 is 13.9 Å². The quantitative estimate of drug-likeness (QED) is 0.855. The minimum absolute atomic E-state index is 0.131. The molecule has 126 valence electrons. The van der Waals surface area contributed by atoms with E-state index < -0.39 is 0 Å². The smallest absolute Gasteiger partial charge is 0.270 e. The van der Waals surface area contributed by atoms with Gasteiger partial charge < -0.3 is 15.4 Å². The fourth-order valence-electron chi connectivity index (χ4n) is 2.58. The number of anilines is 1. The Labute approximate surface area is 140 Å². The standard InChI is InChI=1S/C18H20FN3O2/c19-16-6-2-1-4-13(16)10-22-18(23)17-8-7-14(11-21-17)20-12-15-5-3-9-24-15/h1-2,4,6-8,11,15,20H,3,5,9-10,12H2,(H,22,23). The Balaban J connectivity index is 1.50. The molecule has 1 fully saturated rings. The maximum Gasteiger partial charge on any atom is 0.270 e. The van der Waals surface area contributed by atoms with Crippen molar-refractivity contribution in [2.45, 2.75) is 25.5 Å². The molecular formula is C18H20FN3O2. The number of nitrogens with one attached hydrogen (secondary N) is 2. The molecule has 1 aromatic heterocycles. The van der Waals surface area contributed by atoms with E-state index in [1.54, 1.807) is 36.5 Å². The number of rotatable bonds is 6. The van der Waals surface area contributed by atoms with Crippen molar-refractivity contribution >= 4 is 11.6 Å². The van der Waals surface area contributed by atoms with Gasteiger partial charge in [-0.3, -0.25) is 4.79 Å². The minimum Gasteiger partial charge on any atom is -0.381 e. The van der Waals surface area contributed by atoms with Gasteiger partial charge in [0.1, 0.15) is 11.5 Å². The number of pyridine rings is 1. The van der Waals surface area contributed by atoms with Gasteiger partial charge in [0.25, 0.3) is 5.91 Å². The second kappa shape index (κ2) is 7.88. The molecule has 1 aliphatic rings. The Morgan fingerprint density at radius 2 is 2.17 bits per heavy atom. The maximum absolute atomic E-state index is 13.5. The van der Waals surface area contributed by atoms with Gasteiger partial charge in [0.05, 0.1) is 18.0 Å². The fraction of sp³-hybridized carbons (Fsp3) is 0.333. The lowest BCUT2D eigenvalue weighted by Crippen LogP contribution is -2.24. The van der Waals surface area contributed by atoms with E-state index in [0.29, 0.717) is 11.3 Å². The topological polar surface area (TPSA) is 63.2 Å². The number of hydrogen-bond donors (Lipinski definition) is 2. The molecule has 6 heteroatoms. The highest BCUT2D eigenvalue weighted by Gasteiger charge is 2.15. The van der Waals surface area contributed by atoms with Crippen LogP contribution >= 0.6 is 0 Å². The molecule has 0 bridgehead atoms. The molecule has 0 spiro atoms. The molecule has 1 amide bonds. The number of carbonyl (C=O) groups excluding carboxylic acids is 1. The van der Waals surface area contributed by atoms with Crippen molar-refractivity contribution in [3.63, 3.8) is 0 Å². The van der Waals surface area contributed by atoms with E-state index in [2.05, 4.69) is 15.6 Å². The third-order valence-electron chi connectivity index (χ3n) is 3.95. The van der Waals surface area contributed by atoms with Crippen molar-refractivity contribution in [1.29, 1.82) is 0 Å². The Morgan fingerprint density at radius 3 is 2.88 bits per heavy atom. The second-order valence-corrected chi connectivity index (χ2v) is 5.72. The summed E-state index contributed by atoms with van der Waals surface area (Å²) in [5.41, 5.74) is 1.59. The van der Waals surface area contributed by atoms with Crippen molar-refractivity contribution in [2.24, 2.45) is 0 Å². The van der Waals surface area contributed by atoms with Crippen LogP contribution in [0.1, 0.15) is 28.9 Å². The number of amides is 1. The van der Waals surface area contributed by atoms with Gasteiger partial charge in [0.15, 0.2) is 0 Å². The van der Waals surface area contributed by atoms with E-state index in [4.69, 9.17) is 4.74 Å². The molecule has 1 saturated heterocycles. The first-order chi connectivity index (χ1) is 11.7. The highest BCUT2D eigenvalue weighted by molar-refractivity contribution is 5.92. The number of nitrogens with zero attached hydrogens (tertiary/aromatic N) is 1. The van der Waals surface area contributed by atoms with Crippen LogP contribution in [0.15, 0.2) is 42.6 Å². The Morgan fingerprint density at radius 1 is 1.29 bits per heavy atom. The number of benzene rings is 1. The van der Waals surface area contributed by atoms with Crippen LogP contribution in [0.25, 0.3) is 0 Å². The third-order valence-corrected chi connectivity index (χ3v) is 3.95. The fourth-order valence-corrected chi connectivity index (χ4v) is 2.58. The zero-order valence-electron chi connectivity index (χ0n) is 13.3. The summed E-state index contributed by atoms with van der Waals surface area (Å²) in [4.78, 5) is 16.2. The van der Waals surface area contributed by atoms with E-state index >= 15 is 0 Å². The molecule has 5 nitrogen and oxygen atoms in total. The monoisotopic (exact) mass is 329 g/mol. The molecule has 2 heterocycles. The molecule has 0 saturated carbocycles. The predicted molar refractivity (Wildman–Crippen MR) is 89.3 cm³/mol. The molecular weight excluding hydrogens is 309 g/mol. The van der Waals surface area contributed by atoms with Crippen molar-refractivity contribution in [2.75, 3.05) is 18.5 Å². The first-order valence-electron chi connectivity index (χ1n) is 8.05. The molecule has 24 heavy (non-hydrogen) atoms. The number of carbonyl (C=O) groups is 1. The lowest BCUT2D eigenvalue weighted by molar-refractivity contribution is 0.0945. The van der Waals surface area contributed by atoms with E-state index in [1.807, 2.05) is 0 Å².